The Morgan fingerprint density at radius 3 is 1.94 bits per heavy atom. The van der Waals surface area contributed by atoms with Gasteiger partial charge in [0, 0.05) is 5.25 Å². The Balaban J connectivity index is 2.26. The van der Waals surface area contributed by atoms with Gasteiger partial charge in [-0.05, 0) is 69.1 Å². The van der Waals surface area contributed by atoms with E-state index < -0.39 is 0 Å². The Morgan fingerprint density at radius 1 is 0.938 bits per heavy atom. The molecular formula is C15H22S. The molecule has 0 nitrogen and oxygen atoms in total. The molecule has 0 spiro atoms. The van der Waals surface area contributed by atoms with E-state index in [0.29, 0.717) is 5.25 Å². The molecule has 0 radical (unpaired) electrons. The van der Waals surface area contributed by atoms with Crippen molar-refractivity contribution in [2.75, 3.05) is 0 Å². The van der Waals surface area contributed by atoms with Crippen molar-refractivity contribution in [3.05, 3.63) is 34.4 Å². The van der Waals surface area contributed by atoms with Gasteiger partial charge >= 0.3 is 0 Å². The number of benzene rings is 1. The zero-order chi connectivity index (χ0) is 11.7. The van der Waals surface area contributed by atoms with E-state index in [0.717, 1.165) is 5.92 Å². The molecule has 0 amide bonds. The van der Waals surface area contributed by atoms with Gasteiger partial charge in [-0.15, -0.1) is 0 Å². The first kappa shape index (κ1) is 12.0. The van der Waals surface area contributed by atoms with Crippen LogP contribution in [0.1, 0.15) is 53.9 Å². The first-order chi connectivity index (χ1) is 7.58. The molecule has 1 saturated carbocycles. The maximum atomic E-state index is 4.58. The van der Waals surface area contributed by atoms with Crippen molar-refractivity contribution in [2.45, 2.75) is 57.6 Å². The van der Waals surface area contributed by atoms with Crippen LogP contribution in [-0.4, -0.2) is 5.25 Å². The fraction of sp³-hybridized carbons (Fsp3) is 0.600. The first-order valence-electron chi connectivity index (χ1n) is 6.33. The molecule has 0 atom stereocenters. The Hall–Kier alpha value is -0.430. The summed E-state index contributed by atoms with van der Waals surface area (Å²) in [7, 11) is 0. The second kappa shape index (κ2) is 4.83. The van der Waals surface area contributed by atoms with Crippen molar-refractivity contribution in [1.29, 1.82) is 0 Å². The van der Waals surface area contributed by atoms with Gasteiger partial charge < -0.3 is 0 Å². The van der Waals surface area contributed by atoms with Gasteiger partial charge in [-0.3, -0.25) is 0 Å². The van der Waals surface area contributed by atoms with Gasteiger partial charge in [0.2, 0.25) is 0 Å². The lowest BCUT2D eigenvalue weighted by atomic mass is 9.80. The largest absolute Gasteiger partial charge is 0.176 e. The van der Waals surface area contributed by atoms with Crippen LogP contribution in [0.4, 0.5) is 0 Å². The van der Waals surface area contributed by atoms with E-state index in [9.17, 15) is 0 Å². The van der Waals surface area contributed by atoms with Crippen LogP contribution in [0.5, 0.6) is 0 Å². The van der Waals surface area contributed by atoms with E-state index in [-0.39, 0.29) is 0 Å². The van der Waals surface area contributed by atoms with Gasteiger partial charge in [-0.2, -0.15) is 12.6 Å². The average molecular weight is 234 g/mol. The summed E-state index contributed by atoms with van der Waals surface area (Å²) in [6.45, 7) is 6.72. The van der Waals surface area contributed by atoms with E-state index in [2.05, 4.69) is 45.5 Å². The highest BCUT2D eigenvalue weighted by atomic mass is 32.1. The highest BCUT2D eigenvalue weighted by Crippen LogP contribution is 2.37. The predicted molar refractivity (Wildman–Crippen MR) is 74.6 cm³/mol. The fourth-order valence-electron chi connectivity index (χ4n) is 3.20. The third kappa shape index (κ3) is 2.45. The normalized spacial score (nSPS) is 25.8. The van der Waals surface area contributed by atoms with Crippen LogP contribution in [0.15, 0.2) is 12.1 Å². The van der Waals surface area contributed by atoms with Crippen molar-refractivity contribution in [3.63, 3.8) is 0 Å². The van der Waals surface area contributed by atoms with Gasteiger partial charge in [0.05, 0.1) is 0 Å². The molecule has 1 aliphatic carbocycles. The molecule has 1 fully saturated rings. The van der Waals surface area contributed by atoms with Crippen LogP contribution < -0.4 is 0 Å². The van der Waals surface area contributed by atoms with E-state index >= 15 is 0 Å². The molecule has 1 aromatic carbocycles. The molecule has 0 unspecified atom stereocenters. The molecule has 1 aliphatic rings. The summed E-state index contributed by atoms with van der Waals surface area (Å²) >= 11 is 4.58. The van der Waals surface area contributed by atoms with Crippen LogP contribution in [0.3, 0.4) is 0 Å². The summed E-state index contributed by atoms with van der Waals surface area (Å²) in [6.07, 6.45) is 5.19. The average Bonchev–Trinajstić information content (AvgIpc) is 2.19. The second-order valence-electron chi connectivity index (χ2n) is 5.32. The zero-order valence-corrected chi connectivity index (χ0v) is 11.5. The summed E-state index contributed by atoms with van der Waals surface area (Å²) in [5.41, 5.74) is 5.98. The monoisotopic (exact) mass is 234 g/mol. The van der Waals surface area contributed by atoms with E-state index in [1.54, 1.807) is 5.56 Å². The summed E-state index contributed by atoms with van der Waals surface area (Å²) in [5.74, 6) is 0.781. The highest BCUT2D eigenvalue weighted by Gasteiger charge is 2.22. The lowest BCUT2D eigenvalue weighted by Crippen LogP contribution is -2.15. The molecule has 0 bridgehead atoms. The molecule has 0 saturated heterocycles. The Kier molecular flexibility index (Phi) is 3.63. The van der Waals surface area contributed by atoms with Crippen LogP contribution in [0.25, 0.3) is 0 Å². The van der Waals surface area contributed by atoms with Crippen LogP contribution >= 0.6 is 12.6 Å². The quantitative estimate of drug-likeness (QED) is 0.676. The van der Waals surface area contributed by atoms with Gasteiger partial charge in [0.15, 0.2) is 0 Å². The van der Waals surface area contributed by atoms with Crippen LogP contribution in [-0.2, 0) is 0 Å². The molecule has 16 heavy (non-hydrogen) atoms. The summed E-state index contributed by atoms with van der Waals surface area (Å²) < 4.78 is 0. The molecule has 0 heterocycles. The van der Waals surface area contributed by atoms with Gasteiger partial charge in [0.1, 0.15) is 0 Å². The number of aryl methyl sites for hydroxylation is 3. The predicted octanol–water partition coefficient (Wildman–Crippen LogP) is 4.57. The van der Waals surface area contributed by atoms with Crippen molar-refractivity contribution < 1.29 is 0 Å². The third-order valence-electron chi connectivity index (χ3n) is 3.84. The lowest BCUT2D eigenvalue weighted by molar-refractivity contribution is 0.452. The molecule has 1 heteroatoms. The topological polar surface area (TPSA) is 0 Å². The minimum absolute atomic E-state index is 0.641. The molecule has 0 aromatic heterocycles. The fourth-order valence-corrected chi connectivity index (χ4v) is 3.50. The molecule has 0 N–H and O–H groups in total. The maximum absolute atomic E-state index is 4.58. The first-order valence-corrected chi connectivity index (χ1v) is 6.85. The van der Waals surface area contributed by atoms with Crippen molar-refractivity contribution >= 4 is 12.6 Å². The summed E-state index contributed by atoms with van der Waals surface area (Å²) in [6, 6.07) is 4.66. The third-order valence-corrected chi connectivity index (χ3v) is 4.36. The van der Waals surface area contributed by atoms with Crippen LogP contribution in [0, 0.1) is 20.8 Å². The summed E-state index contributed by atoms with van der Waals surface area (Å²) in [4.78, 5) is 0. The minimum atomic E-state index is 0.641. The number of thiol groups is 1. The highest BCUT2D eigenvalue weighted by molar-refractivity contribution is 7.80. The standard InChI is InChI=1S/C15H22S/c1-10-8-11(2)15(12(3)9-10)13-4-6-14(16)7-5-13/h8-9,13-14,16H,4-7H2,1-3H3. The molecule has 88 valence electrons. The molecule has 2 rings (SSSR count). The van der Waals surface area contributed by atoms with Crippen molar-refractivity contribution in [1.82, 2.24) is 0 Å². The Morgan fingerprint density at radius 2 is 1.44 bits per heavy atom. The smallest absolute Gasteiger partial charge is 0.00172 e. The van der Waals surface area contributed by atoms with Gasteiger partial charge in [-0.25, -0.2) is 0 Å². The van der Waals surface area contributed by atoms with E-state index in [4.69, 9.17) is 0 Å². The molecule has 0 aliphatic heterocycles. The van der Waals surface area contributed by atoms with E-state index in [1.165, 1.54) is 42.4 Å². The SMILES string of the molecule is Cc1cc(C)c(C2CCC(S)CC2)c(C)c1. The minimum Gasteiger partial charge on any atom is -0.176 e. The summed E-state index contributed by atoms with van der Waals surface area (Å²) in [5, 5.41) is 0.641. The maximum Gasteiger partial charge on any atom is 0.00172 e. The number of rotatable bonds is 1. The molecular weight excluding hydrogens is 212 g/mol. The molecule has 1 aromatic rings. The van der Waals surface area contributed by atoms with E-state index in [1.807, 2.05) is 0 Å². The van der Waals surface area contributed by atoms with Crippen LogP contribution in [0.2, 0.25) is 0 Å². The Bertz CT molecular complexity index is 350. The van der Waals surface area contributed by atoms with Gasteiger partial charge in [0.25, 0.3) is 0 Å². The van der Waals surface area contributed by atoms with Gasteiger partial charge in [-0.1, -0.05) is 17.7 Å². The zero-order valence-electron chi connectivity index (χ0n) is 10.6. The lowest BCUT2D eigenvalue weighted by Gasteiger charge is -2.28. The second-order valence-corrected chi connectivity index (χ2v) is 6.05. The number of hydrogen-bond acceptors (Lipinski definition) is 1. The Labute approximate surface area is 105 Å². The van der Waals surface area contributed by atoms with Crippen molar-refractivity contribution in [3.8, 4) is 0 Å². The number of hydrogen-bond donors (Lipinski definition) is 1. The van der Waals surface area contributed by atoms with Crippen molar-refractivity contribution in [2.24, 2.45) is 0 Å².